The number of rotatable bonds is 6. The van der Waals surface area contributed by atoms with Gasteiger partial charge in [-0.2, -0.15) is 0 Å². The average Bonchev–Trinajstić information content (AvgIpc) is 2.72. The summed E-state index contributed by atoms with van der Waals surface area (Å²) < 4.78 is 5.46. The summed E-state index contributed by atoms with van der Waals surface area (Å²) in [6.45, 7) is 10.3. The van der Waals surface area contributed by atoms with E-state index < -0.39 is 0 Å². The van der Waals surface area contributed by atoms with Crippen LogP contribution >= 0.6 is 12.4 Å². The van der Waals surface area contributed by atoms with Crippen LogP contribution in [0.2, 0.25) is 0 Å². The van der Waals surface area contributed by atoms with E-state index in [4.69, 9.17) is 10.5 Å². The van der Waals surface area contributed by atoms with E-state index in [0.717, 1.165) is 25.9 Å². The maximum Gasteiger partial charge on any atom is 0.251 e. The largest absolute Gasteiger partial charge is 0.368 e. The molecule has 1 heterocycles. The molecule has 1 aliphatic rings. The lowest BCUT2D eigenvalue weighted by atomic mass is 9.90. The van der Waals surface area contributed by atoms with Crippen LogP contribution < -0.4 is 5.73 Å². The van der Waals surface area contributed by atoms with Gasteiger partial charge >= 0.3 is 0 Å². The van der Waals surface area contributed by atoms with Crippen LogP contribution in [0, 0.1) is 5.41 Å². The first-order valence-electron chi connectivity index (χ1n) is 6.24. The first-order chi connectivity index (χ1) is 8.02. The molecule has 18 heavy (non-hydrogen) atoms. The SMILES string of the molecule is C=CCCOC(C)C(=O)N1CCC(C)(CN)C1.Cl. The Balaban J connectivity index is 0.00000289. The quantitative estimate of drug-likeness (QED) is 0.592. The maximum atomic E-state index is 12.1. The molecule has 2 N–H and O–H groups in total. The topological polar surface area (TPSA) is 55.6 Å². The van der Waals surface area contributed by atoms with Gasteiger partial charge in [-0.1, -0.05) is 13.0 Å². The second kappa shape index (κ2) is 7.77. The molecule has 1 aliphatic heterocycles. The molecule has 0 aromatic heterocycles. The van der Waals surface area contributed by atoms with Gasteiger partial charge in [-0.3, -0.25) is 4.79 Å². The lowest BCUT2D eigenvalue weighted by molar-refractivity contribution is -0.141. The van der Waals surface area contributed by atoms with Gasteiger partial charge in [-0.25, -0.2) is 0 Å². The number of hydrogen-bond donors (Lipinski definition) is 1. The molecule has 2 unspecified atom stereocenters. The molecular formula is C13H25ClN2O2. The Hall–Kier alpha value is -0.580. The minimum Gasteiger partial charge on any atom is -0.368 e. The molecule has 0 bridgehead atoms. The summed E-state index contributed by atoms with van der Waals surface area (Å²) >= 11 is 0. The van der Waals surface area contributed by atoms with Crippen LogP contribution in [-0.4, -0.2) is 43.2 Å². The number of ether oxygens (including phenoxy) is 1. The van der Waals surface area contributed by atoms with Gasteiger partial charge in [-0.05, 0) is 31.7 Å². The van der Waals surface area contributed by atoms with Gasteiger partial charge in [0, 0.05) is 13.1 Å². The van der Waals surface area contributed by atoms with Gasteiger partial charge < -0.3 is 15.4 Å². The number of hydrogen-bond acceptors (Lipinski definition) is 3. The van der Waals surface area contributed by atoms with Crippen molar-refractivity contribution in [1.29, 1.82) is 0 Å². The summed E-state index contributed by atoms with van der Waals surface area (Å²) in [7, 11) is 0. The molecule has 0 aliphatic carbocycles. The van der Waals surface area contributed by atoms with E-state index in [1.165, 1.54) is 0 Å². The van der Waals surface area contributed by atoms with Crippen LogP contribution in [0.3, 0.4) is 0 Å². The second-order valence-corrected chi connectivity index (χ2v) is 5.11. The molecule has 106 valence electrons. The van der Waals surface area contributed by atoms with Crippen molar-refractivity contribution in [3.8, 4) is 0 Å². The Morgan fingerprint density at radius 2 is 2.33 bits per heavy atom. The van der Waals surface area contributed by atoms with Crippen molar-refractivity contribution in [3.05, 3.63) is 12.7 Å². The number of likely N-dealkylation sites (tertiary alicyclic amines) is 1. The van der Waals surface area contributed by atoms with Crippen molar-refractivity contribution in [2.75, 3.05) is 26.2 Å². The number of halogens is 1. The molecule has 4 nitrogen and oxygen atoms in total. The molecular weight excluding hydrogens is 252 g/mol. The molecule has 2 atom stereocenters. The van der Waals surface area contributed by atoms with E-state index in [9.17, 15) is 4.79 Å². The number of carbonyl (C=O) groups excluding carboxylic acids is 1. The van der Waals surface area contributed by atoms with Crippen LogP contribution in [-0.2, 0) is 9.53 Å². The molecule has 1 rings (SSSR count). The number of nitrogens with two attached hydrogens (primary N) is 1. The zero-order chi connectivity index (χ0) is 12.9. The molecule has 5 heteroatoms. The third-order valence-electron chi connectivity index (χ3n) is 3.40. The third kappa shape index (κ3) is 4.59. The smallest absolute Gasteiger partial charge is 0.251 e. The van der Waals surface area contributed by atoms with E-state index in [1.54, 1.807) is 6.08 Å². The molecule has 1 amide bonds. The van der Waals surface area contributed by atoms with Gasteiger partial charge in [0.05, 0.1) is 6.61 Å². The summed E-state index contributed by atoms with van der Waals surface area (Å²) in [5, 5.41) is 0. The number of amides is 1. The lowest BCUT2D eigenvalue weighted by Gasteiger charge is -2.24. The first-order valence-corrected chi connectivity index (χ1v) is 6.24. The minimum atomic E-state index is -0.366. The van der Waals surface area contributed by atoms with E-state index in [1.807, 2.05) is 11.8 Å². The molecule has 0 aromatic carbocycles. The molecule has 0 aromatic rings. The van der Waals surface area contributed by atoms with Gasteiger partial charge in [0.25, 0.3) is 5.91 Å². The maximum absolute atomic E-state index is 12.1. The molecule has 0 radical (unpaired) electrons. The zero-order valence-corrected chi connectivity index (χ0v) is 12.2. The molecule has 1 fully saturated rings. The zero-order valence-electron chi connectivity index (χ0n) is 11.4. The van der Waals surface area contributed by atoms with Crippen molar-refractivity contribution in [2.45, 2.75) is 32.8 Å². The van der Waals surface area contributed by atoms with Crippen LogP contribution in [0.5, 0.6) is 0 Å². The van der Waals surface area contributed by atoms with Crippen LogP contribution in [0.1, 0.15) is 26.7 Å². The van der Waals surface area contributed by atoms with Crippen molar-refractivity contribution >= 4 is 18.3 Å². The Kier molecular flexibility index (Phi) is 7.52. The highest BCUT2D eigenvalue weighted by Crippen LogP contribution is 2.28. The summed E-state index contributed by atoms with van der Waals surface area (Å²) in [4.78, 5) is 13.9. The predicted molar refractivity (Wildman–Crippen MR) is 75.8 cm³/mol. The highest BCUT2D eigenvalue weighted by molar-refractivity contribution is 5.85. The Morgan fingerprint density at radius 1 is 1.67 bits per heavy atom. The molecule has 0 spiro atoms. The van der Waals surface area contributed by atoms with Crippen LogP contribution in [0.15, 0.2) is 12.7 Å². The predicted octanol–water partition coefficient (Wildman–Crippen LogP) is 1.59. The van der Waals surface area contributed by atoms with Gasteiger partial charge in [0.1, 0.15) is 6.10 Å². The van der Waals surface area contributed by atoms with Crippen molar-refractivity contribution in [2.24, 2.45) is 11.1 Å². The summed E-state index contributed by atoms with van der Waals surface area (Å²) in [5.41, 5.74) is 5.80. The third-order valence-corrected chi connectivity index (χ3v) is 3.40. The van der Waals surface area contributed by atoms with Crippen molar-refractivity contribution < 1.29 is 9.53 Å². The fourth-order valence-electron chi connectivity index (χ4n) is 2.04. The normalized spacial score (nSPS) is 24.5. The highest BCUT2D eigenvalue weighted by Gasteiger charge is 2.36. The van der Waals surface area contributed by atoms with Crippen molar-refractivity contribution in [1.82, 2.24) is 4.90 Å². The van der Waals surface area contributed by atoms with Gasteiger partial charge in [0.2, 0.25) is 0 Å². The Bertz CT molecular complexity index is 286. The van der Waals surface area contributed by atoms with E-state index in [-0.39, 0.29) is 29.8 Å². The summed E-state index contributed by atoms with van der Waals surface area (Å²) in [5.74, 6) is 0.0752. The van der Waals surface area contributed by atoms with E-state index in [2.05, 4.69) is 13.5 Å². The highest BCUT2D eigenvalue weighted by atomic mass is 35.5. The molecule has 0 saturated carbocycles. The number of nitrogens with zero attached hydrogens (tertiary/aromatic N) is 1. The fourth-order valence-corrected chi connectivity index (χ4v) is 2.04. The second-order valence-electron chi connectivity index (χ2n) is 5.11. The number of carbonyl (C=O) groups is 1. The summed E-state index contributed by atoms with van der Waals surface area (Å²) in [6, 6.07) is 0. The Morgan fingerprint density at radius 3 is 2.83 bits per heavy atom. The standard InChI is InChI=1S/C13H24N2O2.ClH/c1-4-5-8-17-11(2)12(16)15-7-6-13(3,9-14)10-15;/h4,11H,1,5-10,14H2,2-3H3;1H. The van der Waals surface area contributed by atoms with Crippen LogP contribution in [0.25, 0.3) is 0 Å². The Labute approximate surface area is 116 Å². The van der Waals surface area contributed by atoms with E-state index >= 15 is 0 Å². The monoisotopic (exact) mass is 276 g/mol. The van der Waals surface area contributed by atoms with Gasteiger partial charge in [-0.15, -0.1) is 19.0 Å². The fraction of sp³-hybridized carbons (Fsp3) is 0.769. The van der Waals surface area contributed by atoms with E-state index in [0.29, 0.717) is 13.2 Å². The average molecular weight is 277 g/mol. The van der Waals surface area contributed by atoms with Gasteiger partial charge in [0.15, 0.2) is 0 Å². The van der Waals surface area contributed by atoms with Crippen molar-refractivity contribution in [3.63, 3.8) is 0 Å². The lowest BCUT2D eigenvalue weighted by Crippen LogP contribution is -2.40. The summed E-state index contributed by atoms with van der Waals surface area (Å²) in [6.07, 6.45) is 3.18. The minimum absolute atomic E-state index is 0. The molecule has 1 saturated heterocycles. The van der Waals surface area contributed by atoms with Crippen LogP contribution in [0.4, 0.5) is 0 Å². The first kappa shape index (κ1) is 17.4.